The van der Waals surface area contributed by atoms with E-state index in [1.165, 1.54) is 0 Å². The van der Waals surface area contributed by atoms with E-state index in [0.717, 1.165) is 16.8 Å². The van der Waals surface area contributed by atoms with E-state index in [1.54, 1.807) is 18.5 Å². The van der Waals surface area contributed by atoms with Gasteiger partial charge in [-0.05, 0) is 36.2 Å². The number of aliphatic imine (C=N–C) groups is 1. The first-order chi connectivity index (χ1) is 10.6. The summed E-state index contributed by atoms with van der Waals surface area (Å²) in [5.41, 5.74) is 3.41. The van der Waals surface area contributed by atoms with Gasteiger partial charge in [-0.2, -0.15) is 0 Å². The number of carbonyl (C=O) groups excluding carboxylic acids is 1. The zero-order chi connectivity index (χ0) is 15.9. The highest BCUT2D eigenvalue weighted by Crippen LogP contribution is 2.22. The first-order valence-corrected chi connectivity index (χ1v) is 7.09. The minimum atomic E-state index is -0.317. The minimum absolute atomic E-state index is 0.241. The average molecular weight is 296 g/mol. The molecule has 0 saturated carbocycles. The average Bonchev–Trinajstić information content (AvgIpc) is 2.53. The highest BCUT2D eigenvalue weighted by atomic mass is 16.5. The fraction of sp³-hybridized carbons (Fsp3) is 0.222. The van der Waals surface area contributed by atoms with Gasteiger partial charge in [0.1, 0.15) is 6.61 Å². The Morgan fingerprint density at radius 1 is 1.14 bits per heavy atom. The SMILES string of the molecule is Cc1c(COC(=O)c2ccccc2)cccc1N=CN(C)C. The van der Waals surface area contributed by atoms with Gasteiger partial charge in [-0.25, -0.2) is 9.79 Å². The van der Waals surface area contributed by atoms with Crippen molar-refractivity contribution in [1.82, 2.24) is 4.90 Å². The minimum Gasteiger partial charge on any atom is -0.457 e. The summed E-state index contributed by atoms with van der Waals surface area (Å²) in [6.45, 7) is 2.22. The van der Waals surface area contributed by atoms with Gasteiger partial charge >= 0.3 is 5.97 Å². The Labute approximate surface area is 131 Å². The topological polar surface area (TPSA) is 41.9 Å². The van der Waals surface area contributed by atoms with Crippen LogP contribution in [0.25, 0.3) is 0 Å². The zero-order valence-electron chi connectivity index (χ0n) is 13.1. The molecule has 0 spiro atoms. The van der Waals surface area contributed by atoms with Crippen LogP contribution in [0.15, 0.2) is 53.5 Å². The molecule has 0 heterocycles. The van der Waals surface area contributed by atoms with Crippen LogP contribution in [0.2, 0.25) is 0 Å². The molecule has 2 rings (SSSR count). The fourth-order valence-corrected chi connectivity index (χ4v) is 1.94. The number of rotatable bonds is 5. The van der Waals surface area contributed by atoms with Crippen molar-refractivity contribution in [3.8, 4) is 0 Å². The van der Waals surface area contributed by atoms with Gasteiger partial charge in [0.25, 0.3) is 0 Å². The number of benzene rings is 2. The van der Waals surface area contributed by atoms with E-state index in [9.17, 15) is 4.79 Å². The third-order valence-electron chi connectivity index (χ3n) is 3.21. The van der Waals surface area contributed by atoms with Crippen LogP contribution in [0.5, 0.6) is 0 Å². The van der Waals surface area contributed by atoms with Crippen LogP contribution in [0, 0.1) is 6.92 Å². The Balaban J connectivity index is 2.07. The molecule has 0 aliphatic heterocycles. The molecule has 0 aromatic heterocycles. The van der Waals surface area contributed by atoms with Gasteiger partial charge in [0.15, 0.2) is 0 Å². The lowest BCUT2D eigenvalue weighted by atomic mass is 10.1. The van der Waals surface area contributed by atoms with Gasteiger partial charge in [0, 0.05) is 14.1 Å². The fourth-order valence-electron chi connectivity index (χ4n) is 1.94. The second-order valence-electron chi connectivity index (χ2n) is 5.21. The molecule has 2 aromatic carbocycles. The highest BCUT2D eigenvalue weighted by Gasteiger charge is 2.09. The lowest BCUT2D eigenvalue weighted by Crippen LogP contribution is -2.07. The molecule has 4 nitrogen and oxygen atoms in total. The summed E-state index contributed by atoms with van der Waals surface area (Å²) in [6, 6.07) is 14.8. The molecule has 0 saturated heterocycles. The van der Waals surface area contributed by atoms with Gasteiger partial charge in [-0.1, -0.05) is 30.3 Å². The smallest absolute Gasteiger partial charge is 0.338 e. The van der Waals surface area contributed by atoms with Crippen molar-refractivity contribution in [2.75, 3.05) is 14.1 Å². The van der Waals surface area contributed by atoms with E-state index in [-0.39, 0.29) is 12.6 Å². The molecular weight excluding hydrogens is 276 g/mol. The highest BCUT2D eigenvalue weighted by molar-refractivity contribution is 5.89. The zero-order valence-corrected chi connectivity index (χ0v) is 13.1. The quantitative estimate of drug-likeness (QED) is 0.481. The summed E-state index contributed by atoms with van der Waals surface area (Å²) >= 11 is 0. The Bertz CT molecular complexity index is 664. The maximum absolute atomic E-state index is 12.0. The molecule has 0 fully saturated rings. The van der Waals surface area contributed by atoms with Crippen LogP contribution in [0.1, 0.15) is 21.5 Å². The predicted octanol–water partition coefficient (Wildman–Crippen LogP) is 3.57. The van der Waals surface area contributed by atoms with Crippen molar-refractivity contribution in [2.45, 2.75) is 13.5 Å². The van der Waals surface area contributed by atoms with Crippen molar-refractivity contribution < 1.29 is 9.53 Å². The van der Waals surface area contributed by atoms with Gasteiger partial charge < -0.3 is 9.64 Å². The van der Waals surface area contributed by atoms with Crippen molar-refractivity contribution >= 4 is 18.0 Å². The number of nitrogens with zero attached hydrogens (tertiary/aromatic N) is 2. The Morgan fingerprint density at radius 3 is 2.55 bits per heavy atom. The van der Waals surface area contributed by atoms with Crippen LogP contribution in [-0.2, 0) is 11.3 Å². The molecule has 0 radical (unpaired) electrons. The number of hydrogen-bond acceptors (Lipinski definition) is 3. The van der Waals surface area contributed by atoms with Gasteiger partial charge in [-0.3, -0.25) is 0 Å². The van der Waals surface area contributed by atoms with Crippen molar-refractivity contribution in [3.63, 3.8) is 0 Å². The largest absolute Gasteiger partial charge is 0.457 e. The second kappa shape index (κ2) is 7.41. The molecular formula is C18H20N2O2. The van der Waals surface area contributed by atoms with Crippen LogP contribution in [-0.4, -0.2) is 31.3 Å². The standard InChI is InChI=1S/C18H20N2O2/c1-14-16(10-7-11-17(14)19-13-20(2)3)12-22-18(21)15-8-5-4-6-9-15/h4-11,13H,12H2,1-3H3. The first kappa shape index (κ1) is 15.8. The summed E-state index contributed by atoms with van der Waals surface area (Å²) in [4.78, 5) is 18.3. The monoisotopic (exact) mass is 296 g/mol. The summed E-state index contributed by atoms with van der Waals surface area (Å²) in [5, 5.41) is 0. The molecule has 22 heavy (non-hydrogen) atoms. The Hall–Kier alpha value is -2.62. The lowest BCUT2D eigenvalue weighted by molar-refractivity contribution is 0.0472. The van der Waals surface area contributed by atoms with Crippen molar-refractivity contribution in [3.05, 3.63) is 65.2 Å². The Kier molecular flexibility index (Phi) is 5.31. The van der Waals surface area contributed by atoms with Crippen molar-refractivity contribution in [2.24, 2.45) is 4.99 Å². The second-order valence-corrected chi connectivity index (χ2v) is 5.21. The molecule has 4 heteroatoms. The van der Waals surface area contributed by atoms with Crippen LogP contribution in [0.4, 0.5) is 5.69 Å². The molecule has 0 bridgehead atoms. The number of hydrogen-bond donors (Lipinski definition) is 0. The summed E-state index contributed by atoms with van der Waals surface area (Å²) in [6.07, 6.45) is 1.75. The third kappa shape index (κ3) is 4.19. The maximum Gasteiger partial charge on any atom is 0.338 e. The van der Waals surface area contributed by atoms with Crippen LogP contribution < -0.4 is 0 Å². The summed E-state index contributed by atoms with van der Waals surface area (Å²) < 4.78 is 5.37. The van der Waals surface area contributed by atoms with Crippen LogP contribution >= 0.6 is 0 Å². The van der Waals surface area contributed by atoms with Gasteiger partial charge in [0.05, 0.1) is 17.6 Å². The first-order valence-electron chi connectivity index (χ1n) is 7.09. The van der Waals surface area contributed by atoms with E-state index in [1.807, 2.05) is 62.3 Å². The van der Waals surface area contributed by atoms with E-state index in [4.69, 9.17) is 4.74 Å². The van der Waals surface area contributed by atoms with Gasteiger partial charge in [-0.15, -0.1) is 0 Å². The summed E-state index contributed by atoms with van der Waals surface area (Å²) in [5.74, 6) is -0.317. The normalized spacial score (nSPS) is 10.7. The number of ether oxygens (including phenoxy) is 1. The number of carbonyl (C=O) groups is 1. The predicted molar refractivity (Wildman–Crippen MR) is 88.6 cm³/mol. The van der Waals surface area contributed by atoms with Crippen molar-refractivity contribution in [1.29, 1.82) is 0 Å². The molecule has 0 aliphatic rings. The van der Waals surface area contributed by atoms with E-state index < -0.39 is 0 Å². The molecule has 0 unspecified atom stereocenters. The summed E-state index contributed by atoms with van der Waals surface area (Å²) in [7, 11) is 3.84. The molecule has 0 atom stereocenters. The van der Waals surface area contributed by atoms with Crippen LogP contribution in [0.3, 0.4) is 0 Å². The third-order valence-corrected chi connectivity index (χ3v) is 3.21. The van der Waals surface area contributed by atoms with E-state index in [2.05, 4.69) is 4.99 Å². The van der Waals surface area contributed by atoms with Gasteiger partial charge in [0.2, 0.25) is 0 Å². The molecule has 0 aliphatic carbocycles. The molecule has 2 aromatic rings. The Morgan fingerprint density at radius 2 is 1.86 bits per heavy atom. The number of esters is 1. The molecule has 114 valence electrons. The molecule has 0 amide bonds. The lowest BCUT2D eigenvalue weighted by Gasteiger charge is -2.10. The van der Waals surface area contributed by atoms with E-state index >= 15 is 0 Å². The maximum atomic E-state index is 12.0. The molecule has 0 N–H and O–H groups in total. The van der Waals surface area contributed by atoms with E-state index in [0.29, 0.717) is 5.56 Å².